The summed E-state index contributed by atoms with van der Waals surface area (Å²) in [6.45, 7) is 0. The van der Waals surface area contributed by atoms with Crippen molar-refractivity contribution in [2.45, 2.75) is 12.6 Å². The number of nitro benzene ring substituents is 1. The third-order valence-corrected chi connectivity index (χ3v) is 4.14. The maximum atomic E-state index is 12.9. The quantitative estimate of drug-likeness (QED) is 0.489. The van der Waals surface area contributed by atoms with Gasteiger partial charge in [-0.1, -0.05) is 30.3 Å². The van der Waals surface area contributed by atoms with Crippen LogP contribution in [0.5, 0.6) is 0 Å². The number of nitro groups is 1. The van der Waals surface area contributed by atoms with Crippen molar-refractivity contribution in [3.63, 3.8) is 0 Å². The van der Waals surface area contributed by atoms with Crippen LogP contribution in [0.15, 0.2) is 67.0 Å². The second-order valence-electron chi connectivity index (χ2n) is 6.14. The largest absolute Gasteiger partial charge is 0.416 e. The molecule has 1 aromatic heterocycles. The Balaban J connectivity index is 1.94. The molecule has 1 N–H and O–H groups in total. The van der Waals surface area contributed by atoms with E-state index in [4.69, 9.17) is 0 Å². The monoisotopic (exact) mass is 401 g/mol. The van der Waals surface area contributed by atoms with E-state index in [2.05, 4.69) is 10.3 Å². The minimum Gasteiger partial charge on any atom is -0.316 e. The van der Waals surface area contributed by atoms with Crippen LogP contribution in [0.3, 0.4) is 0 Å². The third kappa shape index (κ3) is 4.75. The molecule has 0 unspecified atom stereocenters. The minimum atomic E-state index is -4.51. The Labute approximate surface area is 163 Å². The highest BCUT2D eigenvalue weighted by atomic mass is 19.4. The van der Waals surface area contributed by atoms with Gasteiger partial charge in [-0.3, -0.25) is 19.9 Å². The molecule has 0 aliphatic heterocycles. The van der Waals surface area contributed by atoms with Crippen LogP contribution in [-0.4, -0.2) is 15.8 Å². The van der Waals surface area contributed by atoms with Gasteiger partial charge < -0.3 is 5.32 Å². The topological polar surface area (TPSA) is 85.1 Å². The van der Waals surface area contributed by atoms with Gasteiger partial charge in [0.25, 0.3) is 11.6 Å². The predicted molar refractivity (Wildman–Crippen MR) is 99.5 cm³/mol. The summed E-state index contributed by atoms with van der Waals surface area (Å²) >= 11 is 0. The van der Waals surface area contributed by atoms with Gasteiger partial charge in [-0.15, -0.1) is 0 Å². The minimum absolute atomic E-state index is 0.0405. The first-order chi connectivity index (χ1) is 13.8. The number of hydrogen-bond donors (Lipinski definition) is 1. The highest BCUT2D eigenvalue weighted by Gasteiger charge is 2.30. The number of anilines is 1. The summed E-state index contributed by atoms with van der Waals surface area (Å²) in [7, 11) is 0. The van der Waals surface area contributed by atoms with Gasteiger partial charge in [0.15, 0.2) is 0 Å². The zero-order valence-corrected chi connectivity index (χ0v) is 14.8. The molecule has 3 aromatic rings. The Bertz CT molecular complexity index is 1050. The standard InChI is InChI=1S/C20H14F3N3O3/c21-20(22,23)16-5-1-3-13(12-16)11-15-4-2-6-17(18(15)26(28)29)25-19(27)14-7-9-24-10-8-14/h1-10,12H,11H2,(H,25,27). The molecule has 0 spiro atoms. The molecule has 0 aliphatic rings. The first-order valence-electron chi connectivity index (χ1n) is 8.39. The van der Waals surface area contributed by atoms with Crippen molar-refractivity contribution in [3.05, 3.63) is 99.4 Å². The highest BCUT2D eigenvalue weighted by molar-refractivity contribution is 6.05. The van der Waals surface area contributed by atoms with E-state index in [0.29, 0.717) is 0 Å². The van der Waals surface area contributed by atoms with E-state index in [0.717, 1.165) is 12.1 Å². The van der Waals surface area contributed by atoms with Crippen LogP contribution in [0.25, 0.3) is 0 Å². The van der Waals surface area contributed by atoms with E-state index in [1.807, 2.05) is 0 Å². The molecule has 6 nitrogen and oxygen atoms in total. The number of alkyl halides is 3. The van der Waals surface area contributed by atoms with Crippen molar-refractivity contribution >= 4 is 17.3 Å². The second-order valence-corrected chi connectivity index (χ2v) is 6.14. The van der Waals surface area contributed by atoms with Crippen molar-refractivity contribution in [1.82, 2.24) is 4.98 Å². The van der Waals surface area contributed by atoms with Gasteiger partial charge in [-0.2, -0.15) is 13.2 Å². The van der Waals surface area contributed by atoms with Gasteiger partial charge in [0.2, 0.25) is 0 Å². The molecular weight excluding hydrogens is 387 g/mol. The van der Waals surface area contributed by atoms with Crippen LogP contribution in [0, 0.1) is 10.1 Å². The van der Waals surface area contributed by atoms with Gasteiger partial charge in [0.05, 0.1) is 10.5 Å². The average molecular weight is 401 g/mol. The van der Waals surface area contributed by atoms with Crippen molar-refractivity contribution in [2.75, 3.05) is 5.32 Å². The lowest BCUT2D eigenvalue weighted by Gasteiger charge is -2.11. The van der Waals surface area contributed by atoms with Gasteiger partial charge in [-0.05, 0) is 29.8 Å². The molecule has 0 bridgehead atoms. The Morgan fingerprint density at radius 1 is 1.07 bits per heavy atom. The van der Waals surface area contributed by atoms with Crippen LogP contribution < -0.4 is 5.32 Å². The number of pyridine rings is 1. The number of carbonyl (C=O) groups excluding carboxylic acids is 1. The Kier molecular flexibility index (Phi) is 5.58. The normalized spacial score (nSPS) is 11.1. The molecule has 0 saturated carbocycles. The lowest BCUT2D eigenvalue weighted by Crippen LogP contribution is -2.14. The molecule has 3 rings (SSSR count). The second kappa shape index (κ2) is 8.09. The molecule has 0 radical (unpaired) electrons. The Hall–Kier alpha value is -3.75. The summed E-state index contributed by atoms with van der Waals surface area (Å²) in [6, 6.07) is 11.8. The lowest BCUT2D eigenvalue weighted by molar-refractivity contribution is -0.384. The predicted octanol–water partition coefficient (Wildman–Crippen LogP) is 4.85. The van der Waals surface area contributed by atoms with Crippen molar-refractivity contribution in [1.29, 1.82) is 0 Å². The van der Waals surface area contributed by atoms with Crippen LogP contribution in [-0.2, 0) is 12.6 Å². The molecule has 0 saturated heterocycles. The van der Waals surface area contributed by atoms with E-state index in [1.165, 1.54) is 54.9 Å². The number of carbonyl (C=O) groups is 1. The summed E-state index contributed by atoms with van der Waals surface area (Å²) in [5.74, 6) is -0.563. The first kappa shape index (κ1) is 20.0. The lowest BCUT2D eigenvalue weighted by atomic mass is 10.0. The van der Waals surface area contributed by atoms with Gasteiger partial charge >= 0.3 is 6.18 Å². The molecule has 0 aliphatic carbocycles. The zero-order valence-electron chi connectivity index (χ0n) is 14.8. The van der Waals surface area contributed by atoms with E-state index in [-0.39, 0.29) is 34.5 Å². The number of halogens is 3. The number of amides is 1. The van der Waals surface area contributed by atoms with E-state index < -0.39 is 22.6 Å². The molecule has 1 heterocycles. The molecule has 9 heteroatoms. The highest BCUT2D eigenvalue weighted by Crippen LogP contribution is 2.33. The average Bonchev–Trinajstić information content (AvgIpc) is 2.68. The number of rotatable bonds is 5. The SMILES string of the molecule is O=C(Nc1cccc(Cc2cccc(C(F)(F)F)c2)c1[N+](=O)[O-])c1ccncc1. The third-order valence-electron chi connectivity index (χ3n) is 4.14. The van der Waals surface area contributed by atoms with Crippen molar-refractivity contribution in [2.24, 2.45) is 0 Å². The van der Waals surface area contributed by atoms with Crippen molar-refractivity contribution in [3.8, 4) is 0 Å². The van der Waals surface area contributed by atoms with Gasteiger partial charge in [0.1, 0.15) is 5.69 Å². The fraction of sp³-hybridized carbons (Fsp3) is 0.100. The zero-order chi connectivity index (χ0) is 21.0. The smallest absolute Gasteiger partial charge is 0.316 e. The van der Waals surface area contributed by atoms with E-state index in [1.54, 1.807) is 0 Å². The Morgan fingerprint density at radius 3 is 2.41 bits per heavy atom. The number of nitrogens with one attached hydrogen (secondary N) is 1. The van der Waals surface area contributed by atoms with E-state index in [9.17, 15) is 28.1 Å². The maximum Gasteiger partial charge on any atom is 0.416 e. The van der Waals surface area contributed by atoms with Gasteiger partial charge in [0, 0.05) is 29.9 Å². The van der Waals surface area contributed by atoms with Crippen LogP contribution >= 0.6 is 0 Å². The van der Waals surface area contributed by atoms with Gasteiger partial charge in [-0.25, -0.2) is 0 Å². The molecule has 1 amide bonds. The molecular formula is C20H14F3N3O3. The van der Waals surface area contributed by atoms with Crippen LogP contribution in [0.2, 0.25) is 0 Å². The molecule has 148 valence electrons. The molecule has 29 heavy (non-hydrogen) atoms. The van der Waals surface area contributed by atoms with E-state index >= 15 is 0 Å². The summed E-state index contributed by atoms with van der Waals surface area (Å²) in [5.41, 5.74) is -0.534. The maximum absolute atomic E-state index is 12.9. The summed E-state index contributed by atoms with van der Waals surface area (Å²) < 4.78 is 38.8. The van der Waals surface area contributed by atoms with Crippen molar-refractivity contribution < 1.29 is 22.9 Å². The summed E-state index contributed by atoms with van der Waals surface area (Å²) in [5, 5.41) is 14.1. The summed E-state index contributed by atoms with van der Waals surface area (Å²) in [6.07, 6.45) is -1.79. The number of aromatic nitrogens is 1. The van der Waals surface area contributed by atoms with Crippen LogP contribution in [0.1, 0.15) is 27.0 Å². The molecule has 0 fully saturated rings. The Morgan fingerprint density at radius 2 is 1.76 bits per heavy atom. The molecule has 0 atom stereocenters. The number of hydrogen-bond acceptors (Lipinski definition) is 4. The summed E-state index contributed by atoms with van der Waals surface area (Å²) in [4.78, 5) is 27.1. The number of nitrogens with zero attached hydrogens (tertiary/aromatic N) is 2. The molecule has 2 aromatic carbocycles. The first-order valence-corrected chi connectivity index (χ1v) is 8.39. The number of benzene rings is 2. The fourth-order valence-corrected chi connectivity index (χ4v) is 2.83. The fourth-order valence-electron chi connectivity index (χ4n) is 2.83. The number of para-hydroxylation sites is 1. The van der Waals surface area contributed by atoms with Crippen LogP contribution in [0.4, 0.5) is 24.5 Å².